The zero-order valence-corrected chi connectivity index (χ0v) is 18.0. The third-order valence-electron chi connectivity index (χ3n) is 5.81. The van der Waals surface area contributed by atoms with E-state index in [0.717, 1.165) is 41.9 Å². The van der Waals surface area contributed by atoms with Gasteiger partial charge in [-0.05, 0) is 31.9 Å². The molecule has 0 atom stereocenters. The fourth-order valence-corrected chi connectivity index (χ4v) is 4.40. The molecule has 5 heteroatoms. The Bertz CT molecular complexity index is 1160. The van der Waals surface area contributed by atoms with Crippen LogP contribution in [0.15, 0.2) is 64.2 Å². The molecule has 0 radical (unpaired) electrons. The maximum Gasteiger partial charge on any atom is 0.331 e. The minimum Gasteiger partial charge on any atom is -0.295 e. The Morgan fingerprint density at radius 1 is 0.933 bits per heavy atom. The molecule has 0 N–H and O–H groups in total. The lowest BCUT2D eigenvalue weighted by atomic mass is 10.0. The Hall–Kier alpha value is -2.92. The molecule has 1 aliphatic heterocycles. The zero-order valence-electron chi connectivity index (χ0n) is 18.0. The van der Waals surface area contributed by atoms with E-state index in [0.29, 0.717) is 13.1 Å². The summed E-state index contributed by atoms with van der Waals surface area (Å²) in [6.07, 6.45) is 0.718. The van der Waals surface area contributed by atoms with E-state index in [1.54, 1.807) is 0 Å². The van der Waals surface area contributed by atoms with E-state index in [4.69, 9.17) is 0 Å². The van der Waals surface area contributed by atoms with Crippen molar-refractivity contribution in [3.63, 3.8) is 0 Å². The van der Waals surface area contributed by atoms with E-state index < -0.39 is 0 Å². The number of nitrogens with zero attached hydrogens (tertiary/aromatic N) is 3. The summed E-state index contributed by atoms with van der Waals surface area (Å²) in [5.41, 5.74) is 4.65. The molecule has 3 aromatic rings. The molecule has 156 valence electrons. The summed E-state index contributed by atoms with van der Waals surface area (Å²) in [4.78, 5) is 29.0. The minimum absolute atomic E-state index is 0.0104. The van der Waals surface area contributed by atoms with Crippen molar-refractivity contribution in [1.82, 2.24) is 14.0 Å². The molecule has 30 heavy (non-hydrogen) atoms. The highest BCUT2D eigenvalue weighted by molar-refractivity contribution is 5.26. The molecule has 0 fully saturated rings. The van der Waals surface area contributed by atoms with Gasteiger partial charge in [-0.1, -0.05) is 60.2 Å². The molecule has 0 unspecified atom stereocenters. The van der Waals surface area contributed by atoms with Crippen LogP contribution < -0.4 is 11.2 Å². The minimum atomic E-state index is -0.202. The highest BCUT2D eigenvalue weighted by Crippen LogP contribution is 2.19. The van der Waals surface area contributed by atoms with Crippen LogP contribution in [0.5, 0.6) is 0 Å². The van der Waals surface area contributed by atoms with E-state index in [1.165, 1.54) is 10.1 Å². The van der Waals surface area contributed by atoms with Crippen LogP contribution in [0.25, 0.3) is 0 Å². The summed E-state index contributed by atoms with van der Waals surface area (Å²) in [7, 11) is 0. The van der Waals surface area contributed by atoms with Gasteiger partial charge in [0, 0.05) is 37.8 Å². The molecule has 0 bridgehead atoms. The number of hydrogen-bond donors (Lipinski definition) is 0. The number of aryl methyl sites for hydroxylation is 1. The lowest BCUT2D eigenvalue weighted by Gasteiger charge is -2.31. The lowest BCUT2D eigenvalue weighted by Crippen LogP contribution is -2.48. The SMILES string of the molecule is Cc1cccc(Cn2c(=O)c3c(n(C(C)C)c2=O)CCN(Cc2ccccc2)C3)c1. The number of fused-ring (bicyclic) bond motifs is 1. The van der Waals surface area contributed by atoms with Gasteiger partial charge in [0.05, 0.1) is 12.1 Å². The van der Waals surface area contributed by atoms with Gasteiger partial charge in [-0.15, -0.1) is 0 Å². The van der Waals surface area contributed by atoms with Gasteiger partial charge in [0.15, 0.2) is 0 Å². The van der Waals surface area contributed by atoms with E-state index in [-0.39, 0.29) is 17.3 Å². The van der Waals surface area contributed by atoms with Gasteiger partial charge in [0.25, 0.3) is 5.56 Å². The van der Waals surface area contributed by atoms with Gasteiger partial charge in [-0.3, -0.25) is 18.8 Å². The first kappa shape index (κ1) is 20.4. The summed E-state index contributed by atoms with van der Waals surface area (Å²) in [5, 5.41) is 0. The van der Waals surface area contributed by atoms with Crippen molar-refractivity contribution in [2.24, 2.45) is 0 Å². The highest BCUT2D eigenvalue weighted by Gasteiger charge is 2.26. The van der Waals surface area contributed by atoms with Crippen molar-refractivity contribution in [3.8, 4) is 0 Å². The Balaban J connectivity index is 1.75. The molecule has 0 aliphatic carbocycles. The molecular weight excluding hydrogens is 374 g/mol. The van der Waals surface area contributed by atoms with Crippen molar-refractivity contribution >= 4 is 0 Å². The second kappa shape index (κ2) is 8.44. The van der Waals surface area contributed by atoms with Gasteiger partial charge in [0.2, 0.25) is 0 Å². The summed E-state index contributed by atoms with van der Waals surface area (Å²) in [6.45, 7) is 8.57. The molecule has 1 aromatic heterocycles. The van der Waals surface area contributed by atoms with E-state index in [1.807, 2.05) is 67.8 Å². The summed E-state index contributed by atoms with van der Waals surface area (Å²) < 4.78 is 3.24. The van der Waals surface area contributed by atoms with Gasteiger partial charge < -0.3 is 0 Å². The van der Waals surface area contributed by atoms with Crippen molar-refractivity contribution in [2.75, 3.05) is 6.54 Å². The molecule has 2 aromatic carbocycles. The van der Waals surface area contributed by atoms with E-state index in [2.05, 4.69) is 17.0 Å². The Kier molecular flexibility index (Phi) is 5.73. The summed E-state index contributed by atoms with van der Waals surface area (Å²) >= 11 is 0. The first-order valence-corrected chi connectivity index (χ1v) is 10.6. The lowest BCUT2D eigenvalue weighted by molar-refractivity contribution is 0.234. The zero-order chi connectivity index (χ0) is 21.3. The topological polar surface area (TPSA) is 47.2 Å². The number of benzene rings is 2. The predicted octanol–water partition coefficient (Wildman–Crippen LogP) is 3.51. The average molecular weight is 404 g/mol. The summed E-state index contributed by atoms with van der Waals surface area (Å²) in [6, 6.07) is 18.3. The van der Waals surface area contributed by atoms with E-state index in [9.17, 15) is 9.59 Å². The molecular formula is C25H29N3O2. The molecule has 0 saturated carbocycles. The van der Waals surface area contributed by atoms with Crippen LogP contribution >= 0.6 is 0 Å². The largest absolute Gasteiger partial charge is 0.331 e. The van der Waals surface area contributed by atoms with Crippen molar-refractivity contribution in [3.05, 3.63) is 103 Å². The Morgan fingerprint density at radius 3 is 2.37 bits per heavy atom. The normalized spacial score (nSPS) is 14.1. The van der Waals surface area contributed by atoms with Crippen LogP contribution in [-0.4, -0.2) is 20.6 Å². The Labute approximate surface area is 177 Å². The standard InChI is InChI=1S/C25H29N3O2/c1-18(2)28-23-12-13-26(15-20-9-5-4-6-10-20)17-22(23)24(29)27(25(28)30)16-21-11-7-8-19(3)14-21/h4-11,14,18H,12-13,15-17H2,1-3H3. The molecule has 2 heterocycles. The van der Waals surface area contributed by atoms with Crippen molar-refractivity contribution in [1.29, 1.82) is 0 Å². The molecule has 5 nitrogen and oxygen atoms in total. The van der Waals surface area contributed by atoms with Crippen LogP contribution in [0, 0.1) is 6.92 Å². The predicted molar refractivity (Wildman–Crippen MR) is 120 cm³/mol. The molecule has 4 rings (SSSR count). The highest BCUT2D eigenvalue weighted by atomic mass is 16.2. The van der Waals surface area contributed by atoms with Crippen LogP contribution in [0.3, 0.4) is 0 Å². The number of hydrogen-bond acceptors (Lipinski definition) is 3. The fourth-order valence-electron chi connectivity index (χ4n) is 4.40. The van der Waals surface area contributed by atoms with E-state index >= 15 is 0 Å². The second-order valence-corrected chi connectivity index (χ2v) is 8.50. The molecule has 0 amide bonds. The van der Waals surface area contributed by atoms with Gasteiger partial charge in [-0.25, -0.2) is 4.79 Å². The molecule has 1 aliphatic rings. The smallest absolute Gasteiger partial charge is 0.295 e. The summed E-state index contributed by atoms with van der Waals surface area (Å²) in [5.74, 6) is 0. The second-order valence-electron chi connectivity index (χ2n) is 8.50. The third-order valence-corrected chi connectivity index (χ3v) is 5.81. The van der Waals surface area contributed by atoms with Crippen LogP contribution in [0.4, 0.5) is 0 Å². The number of rotatable bonds is 5. The average Bonchev–Trinajstić information content (AvgIpc) is 2.72. The first-order valence-electron chi connectivity index (χ1n) is 10.6. The van der Waals surface area contributed by atoms with Gasteiger partial charge in [0.1, 0.15) is 0 Å². The number of aromatic nitrogens is 2. The van der Waals surface area contributed by atoms with Crippen LogP contribution in [0.2, 0.25) is 0 Å². The van der Waals surface area contributed by atoms with Gasteiger partial charge >= 0.3 is 5.69 Å². The van der Waals surface area contributed by atoms with Crippen LogP contribution in [-0.2, 0) is 26.1 Å². The van der Waals surface area contributed by atoms with Gasteiger partial charge in [-0.2, -0.15) is 0 Å². The molecule has 0 saturated heterocycles. The monoisotopic (exact) mass is 403 g/mol. The third kappa shape index (κ3) is 4.03. The Morgan fingerprint density at radius 2 is 1.67 bits per heavy atom. The quantitative estimate of drug-likeness (QED) is 0.655. The maximum atomic E-state index is 13.4. The maximum absolute atomic E-state index is 13.4. The van der Waals surface area contributed by atoms with Crippen molar-refractivity contribution < 1.29 is 0 Å². The van der Waals surface area contributed by atoms with Crippen LogP contribution in [0.1, 0.15) is 47.8 Å². The van der Waals surface area contributed by atoms with Crippen molar-refractivity contribution in [2.45, 2.75) is 52.9 Å². The fraction of sp³-hybridized carbons (Fsp3) is 0.360. The first-order chi connectivity index (χ1) is 14.4. The molecule has 0 spiro atoms.